The molecule has 1 aromatic carbocycles. The molecule has 6 rings (SSSR count). The summed E-state index contributed by atoms with van der Waals surface area (Å²) in [6.45, 7) is 6.30. The molecule has 1 atom stereocenters. The molecule has 1 spiro atoms. The molecule has 3 aliphatic rings. The second-order valence-electron chi connectivity index (χ2n) is 8.90. The van der Waals surface area contributed by atoms with Crippen molar-refractivity contribution in [3.63, 3.8) is 0 Å². The Hall–Kier alpha value is -2.67. The number of fused-ring (bicyclic) bond motifs is 3. The highest BCUT2D eigenvalue weighted by atomic mass is 32.2. The van der Waals surface area contributed by atoms with Crippen LogP contribution in [0.25, 0.3) is 10.9 Å². The standard InChI is InChI=1S/C22H21N5OS.C3H8/c1-13-9-18-14(3-2-7-23-18)10-17(13)25-21-24-11-16-19(26-21)27(15-4-8-29-12-15)20(28)22(16)5-6-22;1-3-2/h2-3,7,9-11,15H,4-6,8,12H2,1H3,(H,24,25,26);3H2,1-2H3. The van der Waals surface area contributed by atoms with E-state index in [9.17, 15) is 4.79 Å². The quantitative estimate of drug-likeness (QED) is 0.581. The van der Waals surface area contributed by atoms with E-state index in [0.29, 0.717) is 5.95 Å². The zero-order valence-electron chi connectivity index (χ0n) is 18.9. The van der Waals surface area contributed by atoms with Crippen molar-refractivity contribution in [2.24, 2.45) is 0 Å². The highest BCUT2D eigenvalue weighted by Crippen LogP contribution is 2.57. The van der Waals surface area contributed by atoms with Gasteiger partial charge in [0.1, 0.15) is 5.82 Å². The lowest BCUT2D eigenvalue weighted by atomic mass is 10.0. The number of aromatic nitrogens is 3. The molecule has 1 saturated carbocycles. The monoisotopic (exact) mass is 447 g/mol. The zero-order chi connectivity index (χ0) is 22.3. The fourth-order valence-electron chi connectivity index (χ4n) is 4.55. The van der Waals surface area contributed by atoms with Crippen molar-refractivity contribution in [2.75, 3.05) is 21.7 Å². The molecule has 1 N–H and O–H groups in total. The van der Waals surface area contributed by atoms with Crippen LogP contribution in [0.3, 0.4) is 0 Å². The lowest BCUT2D eigenvalue weighted by molar-refractivity contribution is -0.120. The van der Waals surface area contributed by atoms with E-state index < -0.39 is 0 Å². The molecule has 7 heteroatoms. The average Bonchev–Trinajstić information content (AvgIpc) is 3.35. The first-order chi connectivity index (χ1) is 15.6. The Morgan fingerprint density at radius 1 is 1.25 bits per heavy atom. The van der Waals surface area contributed by atoms with Gasteiger partial charge in [-0.3, -0.25) is 14.7 Å². The predicted molar refractivity (Wildman–Crippen MR) is 132 cm³/mol. The number of nitrogens with zero attached hydrogens (tertiary/aromatic N) is 4. The number of amides is 1. The van der Waals surface area contributed by atoms with Crippen molar-refractivity contribution in [1.82, 2.24) is 15.0 Å². The van der Waals surface area contributed by atoms with Gasteiger partial charge in [0.15, 0.2) is 0 Å². The van der Waals surface area contributed by atoms with E-state index in [4.69, 9.17) is 4.98 Å². The van der Waals surface area contributed by atoms with Gasteiger partial charge in [0.2, 0.25) is 11.9 Å². The summed E-state index contributed by atoms with van der Waals surface area (Å²) in [6, 6.07) is 8.38. The van der Waals surface area contributed by atoms with Crippen molar-refractivity contribution < 1.29 is 4.79 Å². The van der Waals surface area contributed by atoms with Gasteiger partial charge in [-0.25, -0.2) is 4.98 Å². The number of carbonyl (C=O) groups is 1. The van der Waals surface area contributed by atoms with Crippen LogP contribution >= 0.6 is 11.8 Å². The van der Waals surface area contributed by atoms with Gasteiger partial charge in [-0.05, 0) is 55.7 Å². The number of thioether (sulfide) groups is 1. The first-order valence-electron chi connectivity index (χ1n) is 11.5. The summed E-state index contributed by atoms with van der Waals surface area (Å²) in [5.41, 5.74) is 3.69. The lowest BCUT2D eigenvalue weighted by Crippen LogP contribution is -2.41. The summed E-state index contributed by atoms with van der Waals surface area (Å²) in [5.74, 6) is 3.69. The molecular formula is C25H29N5OS. The smallest absolute Gasteiger partial charge is 0.239 e. The van der Waals surface area contributed by atoms with Gasteiger partial charge in [0.25, 0.3) is 0 Å². The minimum Gasteiger partial charge on any atom is -0.324 e. The van der Waals surface area contributed by atoms with Crippen molar-refractivity contribution in [3.05, 3.63) is 47.8 Å². The van der Waals surface area contributed by atoms with E-state index >= 15 is 0 Å². The number of pyridine rings is 1. The van der Waals surface area contributed by atoms with Gasteiger partial charge in [-0.1, -0.05) is 26.3 Å². The lowest BCUT2D eigenvalue weighted by Gasteiger charge is -2.24. The van der Waals surface area contributed by atoms with Crippen LogP contribution in [-0.2, 0) is 10.2 Å². The maximum atomic E-state index is 13.2. The van der Waals surface area contributed by atoms with Crippen molar-refractivity contribution in [3.8, 4) is 0 Å². The maximum absolute atomic E-state index is 13.2. The van der Waals surface area contributed by atoms with E-state index in [1.54, 1.807) is 6.20 Å². The summed E-state index contributed by atoms with van der Waals surface area (Å²) >= 11 is 1.92. The Bertz CT molecular complexity index is 1170. The normalized spacial score (nSPS) is 20.3. The maximum Gasteiger partial charge on any atom is 0.239 e. The molecule has 166 valence electrons. The van der Waals surface area contributed by atoms with Gasteiger partial charge in [0.05, 0.1) is 10.9 Å². The molecule has 0 radical (unpaired) electrons. The SMILES string of the molecule is CCC.Cc1cc2ncccc2cc1Nc1ncc2c(n1)N(C1CCSC1)C(=O)C21CC1. The second kappa shape index (κ2) is 8.35. The largest absolute Gasteiger partial charge is 0.324 e. The van der Waals surface area contributed by atoms with Crippen LogP contribution < -0.4 is 10.2 Å². The Kier molecular flexibility index (Phi) is 5.53. The van der Waals surface area contributed by atoms with Crippen LogP contribution in [0.2, 0.25) is 0 Å². The van der Waals surface area contributed by atoms with E-state index in [1.807, 2.05) is 35.0 Å². The van der Waals surface area contributed by atoms with Crippen molar-refractivity contribution in [2.45, 2.75) is 57.9 Å². The van der Waals surface area contributed by atoms with E-state index in [0.717, 1.165) is 64.3 Å². The van der Waals surface area contributed by atoms with E-state index in [1.165, 1.54) is 6.42 Å². The average molecular weight is 448 g/mol. The number of anilines is 3. The molecule has 2 aliphatic heterocycles. The second-order valence-corrected chi connectivity index (χ2v) is 10.1. The summed E-state index contributed by atoms with van der Waals surface area (Å²) in [6.07, 6.45) is 7.80. The third-order valence-corrected chi connectivity index (χ3v) is 7.50. The molecule has 0 bridgehead atoms. The Morgan fingerprint density at radius 3 is 2.78 bits per heavy atom. The van der Waals surface area contributed by atoms with Gasteiger partial charge in [0, 0.05) is 40.8 Å². The fourth-order valence-corrected chi connectivity index (χ4v) is 5.74. The summed E-state index contributed by atoms with van der Waals surface area (Å²) in [4.78, 5) is 29.0. The number of benzene rings is 1. The van der Waals surface area contributed by atoms with Crippen LogP contribution in [0.5, 0.6) is 0 Å². The molecule has 3 aromatic rings. The topological polar surface area (TPSA) is 71.0 Å². The number of rotatable bonds is 3. The number of hydrogen-bond acceptors (Lipinski definition) is 6. The third kappa shape index (κ3) is 3.52. The number of nitrogens with one attached hydrogen (secondary N) is 1. The number of hydrogen-bond donors (Lipinski definition) is 1. The summed E-state index contributed by atoms with van der Waals surface area (Å²) in [5, 5.41) is 4.44. The first-order valence-corrected chi connectivity index (χ1v) is 12.6. The van der Waals surface area contributed by atoms with E-state index in [-0.39, 0.29) is 17.4 Å². The summed E-state index contributed by atoms with van der Waals surface area (Å²) < 4.78 is 0. The molecule has 6 nitrogen and oxygen atoms in total. The highest BCUT2D eigenvalue weighted by Gasteiger charge is 2.61. The van der Waals surface area contributed by atoms with Gasteiger partial charge < -0.3 is 5.32 Å². The Morgan fingerprint density at radius 2 is 2.06 bits per heavy atom. The van der Waals surface area contributed by atoms with Crippen LogP contribution in [0, 0.1) is 6.92 Å². The van der Waals surface area contributed by atoms with Crippen LogP contribution in [0.4, 0.5) is 17.5 Å². The van der Waals surface area contributed by atoms with Gasteiger partial charge in [-0.15, -0.1) is 0 Å². The molecule has 2 fully saturated rings. The highest BCUT2D eigenvalue weighted by molar-refractivity contribution is 7.99. The first kappa shape index (κ1) is 21.2. The zero-order valence-corrected chi connectivity index (χ0v) is 19.7. The van der Waals surface area contributed by atoms with Crippen LogP contribution in [0.1, 0.15) is 50.7 Å². The minimum absolute atomic E-state index is 0.236. The molecule has 1 unspecified atom stereocenters. The molecule has 1 saturated heterocycles. The number of carbonyl (C=O) groups excluding carboxylic acids is 1. The Labute approximate surface area is 193 Å². The van der Waals surface area contributed by atoms with E-state index in [2.05, 4.69) is 48.2 Å². The van der Waals surface area contributed by atoms with Crippen LogP contribution in [-0.4, -0.2) is 38.4 Å². The molecule has 32 heavy (non-hydrogen) atoms. The van der Waals surface area contributed by atoms with Gasteiger partial charge >= 0.3 is 0 Å². The van der Waals surface area contributed by atoms with Crippen LogP contribution in [0.15, 0.2) is 36.7 Å². The third-order valence-electron chi connectivity index (χ3n) is 6.36. The number of aryl methyl sites for hydroxylation is 1. The molecular weight excluding hydrogens is 418 g/mol. The predicted octanol–water partition coefficient (Wildman–Crippen LogP) is 5.38. The van der Waals surface area contributed by atoms with Crippen molar-refractivity contribution >= 4 is 46.0 Å². The molecule has 1 amide bonds. The Balaban J connectivity index is 0.000000684. The molecule has 4 heterocycles. The van der Waals surface area contributed by atoms with Gasteiger partial charge in [-0.2, -0.15) is 16.7 Å². The molecule has 2 aromatic heterocycles. The minimum atomic E-state index is -0.342. The van der Waals surface area contributed by atoms with Crippen molar-refractivity contribution in [1.29, 1.82) is 0 Å². The fraction of sp³-hybridized carbons (Fsp3) is 0.440. The summed E-state index contributed by atoms with van der Waals surface area (Å²) in [7, 11) is 0. The molecule has 1 aliphatic carbocycles.